The first-order valence-corrected chi connectivity index (χ1v) is 7.14. The second-order valence-electron chi connectivity index (χ2n) is 4.57. The Bertz CT molecular complexity index is 911. The van der Waals surface area contributed by atoms with Gasteiger partial charge < -0.3 is 5.11 Å². The van der Waals surface area contributed by atoms with E-state index in [1.165, 1.54) is 30.3 Å². The summed E-state index contributed by atoms with van der Waals surface area (Å²) in [6.45, 7) is 0. The fraction of sp³-hybridized carbons (Fsp3) is 0. The lowest BCUT2D eigenvalue weighted by atomic mass is 10.1. The molecular weight excluding hydrogens is 344 g/mol. The Morgan fingerprint density at radius 3 is 2.48 bits per heavy atom. The fourth-order valence-corrected chi connectivity index (χ4v) is 2.30. The molecule has 0 saturated heterocycles. The molecule has 0 amide bonds. The van der Waals surface area contributed by atoms with Gasteiger partial charge in [0.05, 0.1) is 15.7 Å². The first kappa shape index (κ1) is 15.5. The van der Waals surface area contributed by atoms with Crippen LogP contribution >= 0.6 is 23.2 Å². The minimum atomic E-state index is -1.31. The Kier molecular flexibility index (Phi) is 4.02. The minimum Gasteiger partial charge on any atom is -0.476 e. The van der Waals surface area contributed by atoms with Gasteiger partial charge in [0.15, 0.2) is 5.69 Å². The molecule has 116 valence electrons. The van der Waals surface area contributed by atoms with Crippen molar-refractivity contribution in [1.82, 2.24) is 15.0 Å². The molecule has 0 spiro atoms. The summed E-state index contributed by atoms with van der Waals surface area (Å²) >= 11 is 11.8. The number of carbonyl (C=O) groups is 1. The van der Waals surface area contributed by atoms with Crippen LogP contribution in [0, 0.1) is 5.82 Å². The van der Waals surface area contributed by atoms with Gasteiger partial charge in [0.1, 0.15) is 11.5 Å². The second-order valence-corrected chi connectivity index (χ2v) is 5.38. The highest BCUT2D eigenvalue weighted by molar-refractivity contribution is 6.42. The number of carboxylic acids is 1. The molecule has 23 heavy (non-hydrogen) atoms. The number of nitrogens with zero attached hydrogens (tertiary/aromatic N) is 3. The predicted octanol–water partition coefficient (Wildman–Crippen LogP) is 4.08. The monoisotopic (exact) mass is 351 g/mol. The Morgan fingerprint density at radius 2 is 1.83 bits per heavy atom. The number of aromatic carboxylic acids is 1. The van der Waals surface area contributed by atoms with Crippen LogP contribution in [0.3, 0.4) is 0 Å². The van der Waals surface area contributed by atoms with Crippen molar-refractivity contribution in [2.24, 2.45) is 0 Å². The molecule has 0 aliphatic heterocycles. The molecule has 3 aromatic rings. The van der Waals surface area contributed by atoms with E-state index in [-0.39, 0.29) is 22.0 Å². The van der Waals surface area contributed by atoms with Crippen LogP contribution in [0.5, 0.6) is 0 Å². The van der Waals surface area contributed by atoms with E-state index in [1.54, 1.807) is 12.1 Å². The maximum atomic E-state index is 13.9. The third kappa shape index (κ3) is 2.91. The number of rotatable bonds is 3. The topological polar surface area (TPSA) is 68.0 Å². The summed E-state index contributed by atoms with van der Waals surface area (Å²) in [5.41, 5.74) is 0.0311. The lowest BCUT2D eigenvalue weighted by Gasteiger charge is -2.01. The van der Waals surface area contributed by atoms with Crippen LogP contribution in [0.4, 0.5) is 4.39 Å². The summed E-state index contributed by atoms with van der Waals surface area (Å²) in [6.07, 6.45) is 0. The van der Waals surface area contributed by atoms with Gasteiger partial charge in [0.25, 0.3) is 0 Å². The zero-order chi connectivity index (χ0) is 16.6. The number of benzene rings is 2. The molecule has 2 aromatic carbocycles. The van der Waals surface area contributed by atoms with Gasteiger partial charge in [-0.2, -0.15) is 4.80 Å². The normalized spacial score (nSPS) is 10.7. The smallest absolute Gasteiger partial charge is 0.358 e. The highest BCUT2D eigenvalue weighted by atomic mass is 35.5. The molecule has 0 atom stereocenters. The SMILES string of the molecule is O=C(O)c1nn(-c2ccc(Cl)c(Cl)c2)nc1-c1ccccc1F. The van der Waals surface area contributed by atoms with Crippen molar-refractivity contribution < 1.29 is 14.3 Å². The molecule has 3 rings (SSSR count). The van der Waals surface area contributed by atoms with Crippen LogP contribution in [0.1, 0.15) is 10.5 Å². The van der Waals surface area contributed by atoms with Gasteiger partial charge in [0, 0.05) is 5.56 Å². The Balaban J connectivity index is 2.18. The van der Waals surface area contributed by atoms with Gasteiger partial charge in [-0.3, -0.25) is 0 Å². The molecule has 5 nitrogen and oxygen atoms in total. The molecule has 0 unspecified atom stereocenters. The average molecular weight is 352 g/mol. The molecule has 1 aromatic heterocycles. The third-order valence-electron chi connectivity index (χ3n) is 3.08. The predicted molar refractivity (Wildman–Crippen MR) is 83.7 cm³/mol. The summed E-state index contributed by atoms with van der Waals surface area (Å²) in [5, 5.41) is 17.9. The van der Waals surface area contributed by atoms with Gasteiger partial charge in [-0.1, -0.05) is 35.3 Å². The molecule has 0 saturated carbocycles. The van der Waals surface area contributed by atoms with Crippen molar-refractivity contribution >= 4 is 29.2 Å². The van der Waals surface area contributed by atoms with E-state index in [1.807, 2.05) is 0 Å². The van der Waals surface area contributed by atoms with Crippen LogP contribution in [0.15, 0.2) is 42.5 Å². The summed E-state index contributed by atoms with van der Waals surface area (Å²) in [4.78, 5) is 12.5. The highest BCUT2D eigenvalue weighted by Gasteiger charge is 2.22. The largest absolute Gasteiger partial charge is 0.476 e. The maximum Gasteiger partial charge on any atom is 0.358 e. The van der Waals surface area contributed by atoms with E-state index in [0.29, 0.717) is 10.7 Å². The van der Waals surface area contributed by atoms with Crippen molar-refractivity contribution in [3.63, 3.8) is 0 Å². The number of carboxylic acid groups (broad SMARTS) is 1. The van der Waals surface area contributed by atoms with E-state index >= 15 is 0 Å². The maximum absolute atomic E-state index is 13.9. The fourth-order valence-electron chi connectivity index (χ4n) is 2.01. The molecular formula is C15H8Cl2FN3O2. The molecule has 0 bridgehead atoms. The minimum absolute atomic E-state index is 0.0520. The molecule has 0 aliphatic rings. The standard InChI is InChI=1S/C15H8Cl2FN3O2/c16-10-6-5-8(7-11(10)17)21-19-13(14(20-21)15(22)23)9-3-1-2-4-12(9)18/h1-7H,(H,22,23). The van der Waals surface area contributed by atoms with E-state index in [4.69, 9.17) is 23.2 Å². The molecule has 1 N–H and O–H groups in total. The second kappa shape index (κ2) is 5.98. The van der Waals surface area contributed by atoms with Gasteiger partial charge in [-0.05, 0) is 30.3 Å². The van der Waals surface area contributed by atoms with Crippen molar-refractivity contribution in [3.8, 4) is 16.9 Å². The summed E-state index contributed by atoms with van der Waals surface area (Å²) in [5.74, 6) is -1.90. The first-order valence-electron chi connectivity index (χ1n) is 6.38. The number of aromatic nitrogens is 3. The molecule has 0 aliphatic carbocycles. The van der Waals surface area contributed by atoms with E-state index in [0.717, 1.165) is 4.80 Å². The third-order valence-corrected chi connectivity index (χ3v) is 3.82. The summed E-state index contributed by atoms with van der Waals surface area (Å²) in [6, 6.07) is 10.3. The van der Waals surface area contributed by atoms with Crippen LogP contribution in [0.25, 0.3) is 16.9 Å². The van der Waals surface area contributed by atoms with E-state index in [2.05, 4.69) is 10.2 Å². The zero-order valence-corrected chi connectivity index (χ0v) is 12.9. The van der Waals surface area contributed by atoms with Crippen LogP contribution < -0.4 is 0 Å². The molecule has 1 heterocycles. The van der Waals surface area contributed by atoms with Gasteiger partial charge >= 0.3 is 5.97 Å². The van der Waals surface area contributed by atoms with Crippen molar-refractivity contribution in [3.05, 3.63) is 64.0 Å². The Labute approximate surface area is 139 Å². The van der Waals surface area contributed by atoms with Gasteiger partial charge in [-0.15, -0.1) is 10.2 Å². The number of hydrogen-bond donors (Lipinski definition) is 1. The molecule has 8 heteroatoms. The molecule has 0 fully saturated rings. The Morgan fingerprint density at radius 1 is 1.09 bits per heavy atom. The van der Waals surface area contributed by atoms with Crippen molar-refractivity contribution in [2.45, 2.75) is 0 Å². The Hall–Kier alpha value is -2.44. The zero-order valence-electron chi connectivity index (χ0n) is 11.4. The lowest BCUT2D eigenvalue weighted by molar-refractivity contribution is 0.0691. The number of hydrogen-bond acceptors (Lipinski definition) is 3. The van der Waals surface area contributed by atoms with Crippen molar-refractivity contribution in [1.29, 1.82) is 0 Å². The van der Waals surface area contributed by atoms with Gasteiger partial charge in [0.2, 0.25) is 0 Å². The average Bonchev–Trinajstić information content (AvgIpc) is 2.96. The lowest BCUT2D eigenvalue weighted by Crippen LogP contribution is -2.02. The first-order chi connectivity index (χ1) is 11.0. The van der Waals surface area contributed by atoms with Crippen molar-refractivity contribution in [2.75, 3.05) is 0 Å². The highest BCUT2D eigenvalue weighted by Crippen LogP contribution is 2.27. The van der Waals surface area contributed by atoms with Crippen LogP contribution in [0.2, 0.25) is 10.0 Å². The summed E-state index contributed by atoms with van der Waals surface area (Å²) in [7, 11) is 0. The van der Waals surface area contributed by atoms with E-state index in [9.17, 15) is 14.3 Å². The number of halogens is 3. The van der Waals surface area contributed by atoms with Crippen LogP contribution in [-0.4, -0.2) is 26.1 Å². The quantitative estimate of drug-likeness (QED) is 0.771. The van der Waals surface area contributed by atoms with Gasteiger partial charge in [-0.25, -0.2) is 9.18 Å². The van der Waals surface area contributed by atoms with E-state index < -0.39 is 11.8 Å². The van der Waals surface area contributed by atoms with Crippen LogP contribution in [-0.2, 0) is 0 Å². The summed E-state index contributed by atoms with van der Waals surface area (Å²) < 4.78 is 13.9. The molecule has 0 radical (unpaired) electrons.